The molecule has 24 heavy (non-hydrogen) atoms. The Labute approximate surface area is 143 Å². The maximum Gasteiger partial charge on any atom is 0.255 e. The fourth-order valence-corrected chi connectivity index (χ4v) is 2.10. The minimum absolute atomic E-state index is 0.139. The van der Waals surface area contributed by atoms with Gasteiger partial charge < -0.3 is 19.7 Å². The number of carbonyl (C=O) groups excluding carboxylic acids is 1. The lowest BCUT2D eigenvalue weighted by Crippen LogP contribution is -2.19. The third kappa shape index (κ3) is 5.68. The molecule has 0 saturated carbocycles. The van der Waals surface area contributed by atoms with E-state index in [1.165, 1.54) is 0 Å². The minimum Gasteiger partial charge on any atom is -0.492 e. The summed E-state index contributed by atoms with van der Waals surface area (Å²) < 4.78 is 10.7. The highest BCUT2D eigenvalue weighted by molar-refractivity contribution is 6.04. The lowest BCUT2D eigenvalue weighted by atomic mass is 10.1. The van der Waals surface area contributed by atoms with Crippen LogP contribution >= 0.6 is 0 Å². The molecule has 1 N–H and O–H groups in total. The van der Waals surface area contributed by atoms with Gasteiger partial charge in [-0.2, -0.15) is 0 Å². The van der Waals surface area contributed by atoms with Crippen LogP contribution in [0.25, 0.3) is 0 Å². The van der Waals surface area contributed by atoms with Gasteiger partial charge in [-0.25, -0.2) is 0 Å². The van der Waals surface area contributed by atoms with E-state index >= 15 is 0 Å². The Hall–Kier alpha value is -2.37. The molecule has 0 bridgehead atoms. The van der Waals surface area contributed by atoms with Crippen LogP contribution in [0.5, 0.6) is 5.75 Å². The summed E-state index contributed by atoms with van der Waals surface area (Å²) in [6.07, 6.45) is 0. The van der Waals surface area contributed by atoms with Gasteiger partial charge in [-0.1, -0.05) is 12.1 Å². The number of nitrogens with one attached hydrogen (secondary N) is 1. The molecule has 5 nitrogen and oxygen atoms in total. The van der Waals surface area contributed by atoms with Crippen molar-refractivity contribution in [3.63, 3.8) is 0 Å². The first kappa shape index (κ1) is 18.0. The lowest BCUT2D eigenvalue weighted by Gasteiger charge is -2.11. The fourth-order valence-electron chi connectivity index (χ4n) is 2.10. The molecule has 0 radical (unpaired) electrons. The normalized spacial score (nSPS) is 10.7. The second-order valence-corrected chi connectivity index (χ2v) is 5.76. The first-order valence-corrected chi connectivity index (χ1v) is 7.85. The summed E-state index contributed by atoms with van der Waals surface area (Å²) >= 11 is 0. The molecular weight excluding hydrogens is 304 g/mol. The molecule has 5 heteroatoms. The molecule has 2 aromatic carbocycles. The van der Waals surface area contributed by atoms with E-state index < -0.39 is 0 Å². The predicted molar refractivity (Wildman–Crippen MR) is 95.6 cm³/mol. The summed E-state index contributed by atoms with van der Waals surface area (Å²) in [5, 5.41) is 2.88. The smallest absolute Gasteiger partial charge is 0.255 e. The third-order valence-electron chi connectivity index (χ3n) is 3.45. The Kier molecular flexibility index (Phi) is 6.78. The maximum atomic E-state index is 12.2. The number of nitrogens with zero attached hydrogens (tertiary/aromatic N) is 1. The van der Waals surface area contributed by atoms with E-state index in [9.17, 15) is 4.79 Å². The Morgan fingerprint density at radius 3 is 2.29 bits per heavy atom. The van der Waals surface area contributed by atoms with Crippen LogP contribution in [0.15, 0.2) is 48.5 Å². The highest BCUT2D eigenvalue weighted by Gasteiger charge is 2.06. The van der Waals surface area contributed by atoms with Crippen LogP contribution in [-0.4, -0.2) is 45.2 Å². The number of carbonyl (C=O) groups is 1. The number of amides is 1. The van der Waals surface area contributed by atoms with Gasteiger partial charge in [0.2, 0.25) is 0 Å². The summed E-state index contributed by atoms with van der Waals surface area (Å²) in [6.45, 7) is 2.03. The van der Waals surface area contributed by atoms with E-state index in [1.807, 2.05) is 50.5 Å². The molecule has 2 aromatic rings. The number of methoxy groups -OCH3 is 1. The van der Waals surface area contributed by atoms with Crippen molar-refractivity contribution in [3.05, 3.63) is 59.7 Å². The Morgan fingerprint density at radius 1 is 1.04 bits per heavy atom. The van der Waals surface area contributed by atoms with Gasteiger partial charge in [0.25, 0.3) is 5.91 Å². The second-order valence-electron chi connectivity index (χ2n) is 5.76. The number of rotatable bonds is 8. The Morgan fingerprint density at radius 2 is 1.71 bits per heavy atom. The third-order valence-corrected chi connectivity index (χ3v) is 3.45. The van der Waals surface area contributed by atoms with Crippen LogP contribution in [0, 0.1) is 0 Å². The zero-order valence-corrected chi connectivity index (χ0v) is 14.4. The van der Waals surface area contributed by atoms with Crippen LogP contribution in [0.1, 0.15) is 15.9 Å². The average molecular weight is 328 g/mol. The maximum absolute atomic E-state index is 12.2. The van der Waals surface area contributed by atoms with Crippen molar-refractivity contribution in [1.29, 1.82) is 0 Å². The van der Waals surface area contributed by atoms with Gasteiger partial charge in [-0.05, 0) is 56.1 Å². The van der Waals surface area contributed by atoms with E-state index in [0.29, 0.717) is 18.8 Å². The molecule has 0 spiro atoms. The molecule has 0 saturated heterocycles. The SMILES string of the molecule is COCc1ccc(C(=O)Nc2ccc(OCCN(C)C)cc2)cc1. The average Bonchev–Trinajstić information content (AvgIpc) is 2.57. The van der Waals surface area contributed by atoms with Crippen LogP contribution in [0.4, 0.5) is 5.69 Å². The van der Waals surface area contributed by atoms with Crippen molar-refractivity contribution in [2.75, 3.05) is 39.7 Å². The molecule has 0 unspecified atom stereocenters. The van der Waals surface area contributed by atoms with Crippen molar-refractivity contribution in [1.82, 2.24) is 4.90 Å². The molecule has 2 rings (SSSR count). The van der Waals surface area contributed by atoms with E-state index in [1.54, 1.807) is 19.2 Å². The van der Waals surface area contributed by atoms with Crippen molar-refractivity contribution in [2.45, 2.75) is 6.61 Å². The monoisotopic (exact) mass is 328 g/mol. The molecule has 0 atom stereocenters. The standard InChI is InChI=1S/C19H24N2O3/c1-21(2)12-13-24-18-10-8-17(9-11-18)20-19(22)16-6-4-15(5-7-16)14-23-3/h4-11H,12-14H2,1-3H3,(H,20,22). The number of likely N-dealkylation sites (N-methyl/N-ethyl adjacent to an activating group) is 1. The highest BCUT2D eigenvalue weighted by Crippen LogP contribution is 2.17. The summed E-state index contributed by atoms with van der Waals surface area (Å²) in [5.41, 5.74) is 2.38. The van der Waals surface area contributed by atoms with Gasteiger partial charge in [0.1, 0.15) is 12.4 Å². The van der Waals surface area contributed by atoms with Crippen LogP contribution < -0.4 is 10.1 Å². The molecule has 0 aliphatic heterocycles. The predicted octanol–water partition coefficient (Wildman–Crippen LogP) is 3.03. The Balaban J connectivity index is 1.89. The Bertz CT molecular complexity index is 637. The largest absolute Gasteiger partial charge is 0.492 e. The van der Waals surface area contributed by atoms with E-state index in [0.717, 1.165) is 23.5 Å². The number of hydrogen-bond donors (Lipinski definition) is 1. The minimum atomic E-state index is -0.139. The van der Waals surface area contributed by atoms with Crippen molar-refractivity contribution in [2.24, 2.45) is 0 Å². The molecule has 0 fully saturated rings. The molecular formula is C19H24N2O3. The number of anilines is 1. The first-order valence-electron chi connectivity index (χ1n) is 7.85. The van der Waals surface area contributed by atoms with Crippen LogP contribution in [0.3, 0.4) is 0 Å². The molecule has 0 aliphatic carbocycles. The topological polar surface area (TPSA) is 50.8 Å². The van der Waals surface area contributed by atoms with Crippen LogP contribution in [-0.2, 0) is 11.3 Å². The van der Waals surface area contributed by atoms with E-state index in [2.05, 4.69) is 10.2 Å². The van der Waals surface area contributed by atoms with Gasteiger partial charge in [0, 0.05) is 24.9 Å². The zero-order valence-electron chi connectivity index (χ0n) is 14.4. The fraction of sp³-hybridized carbons (Fsp3) is 0.316. The number of ether oxygens (including phenoxy) is 2. The van der Waals surface area contributed by atoms with E-state index in [-0.39, 0.29) is 5.91 Å². The number of benzene rings is 2. The van der Waals surface area contributed by atoms with Gasteiger partial charge in [-0.3, -0.25) is 4.79 Å². The molecule has 0 aliphatic rings. The quantitative estimate of drug-likeness (QED) is 0.809. The first-order chi connectivity index (χ1) is 11.6. The molecule has 0 aromatic heterocycles. The summed E-state index contributed by atoms with van der Waals surface area (Å²) in [4.78, 5) is 14.3. The zero-order chi connectivity index (χ0) is 17.4. The van der Waals surface area contributed by atoms with Crippen molar-refractivity contribution in [3.8, 4) is 5.75 Å². The summed E-state index contributed by atoms with van der Waals surface area (Å²) in [7, 11) is 5.65. The number of hydrogen-bond acceptors (Lipinski definition) is 4. The summed E-state index contributed by atoms with van der Waals surface area (Å²) in [5.74, 6) is 0.652. The molecule has 0 heterocycles. The summed E-state index contributed by atoms with van der Waals surface area (Å²) in [6, 6.07) is 14.7. The van der Waals surface area contributed by atoms with Gasteiger partial charge in [0.15, 0.2) is 0 Å². The van der Waals surface area contributed by atoms with E-state index in [4.69, 9.17) is 9.47 Å². The van der Waals surface area contributed by atoms with Gasteiger partial charge >= 0.3 is 0 Å². The van der Waals surface area contributed by atoms with Crippen molar-refractivity contribution < 1.29 is 14.3 Å². The van der Waals surface area contributed by atoms with Gasteiger partial charge in [0.05, 0.1) is 6.61 Å². The van der Waals surface area contributed by atoms with Crippen LogP contribution in [0.2, 0.25) is 0 Å². The van der Waals surface area contributed by atoms with Crippen molar-refractivity contribution >= 4 is 11.6 Å². The molecule has 128 valence electrons. The lowest BCUT2D eigenvalue weighted by molar-refractivity contribution is 0.102. The molecule has 1 amide bonds. The van der Waals surface area contributed by atoms with Gasteiger partial charge in [-0.15, -0.1) is 0 Å². The highest BCUT2D eigenvalue weighted by atomic mass is 16.5. The second kappa shape index (κ2) is 9.05.